The SMILES string of the molecule is COc1ccc2[nH]c(=O)n(CC3CCCNC3)c2c1. The Morgan fingerprint density at radius 3 is 3.11 bits per heavy atom. The third-order valence-corrected chi connectivity index (χ3v) is 3.82. The summed E-state index contributed by atoms with van der Waals surface area (Å²) in [5.41, 5.74) is 1.76. The van der Waals surface area contributed by atoms with E-state index >= 15 is 0 Å². The highest BCUT2D eigenvalue weighted by Gasteiger charge is 2.16. The van der Waals surface area contributed by atoms with Gasteiger partial charge in [0.2, 0.25) is 0 Å². The molecule has 1 aromatic heterocycles. The molecule has 2 heterocycles. The molecule has 5 nitrogen and oxygen atoms in total. The number of aromatic amines is 1. The molecule has 2 N–H and O–H groups in total. The fourth-order valence-corrected chi connectivity index (χ4v) is 2.78. The van der Waals surface area contributed by atoms with Crippen molar-refractivity contribution < 1.29 is 4.74 Å². The summed E-state index contributed by atoms with van der Waals surface area (Å²) in [6.45, 7) is 2.84. The second kappa shape index (κ2) is 5.09. The number of benzene rings is 1. The fraction of sp³-hybridized carbons (Fsp3) is 0.500. The van der Waals surface area contributed by atoms with Gasteiger partial charge in [-0.05, 0) is 44.0 Å². The predicted octanol–water partition coefficient (Wildman–Crippen LogP) is 1.34. The second-order valence-corrected chi connectivity index (χ2v) is 5.14. The van der Waals surface area contributed by atoms with Crippen molar-refractivity contribution >= 4 is 11.0 Å². The van der Waals surface area contributed by atoms with E-state index in [0.29, 0.717) is 5.92 Å². The lowest BCUT2D eigenvalue weighted by Gasteiger charge is -2.22. The van der Waals surface area contributed by atoms with Gasteiger partial charge >= 0.3 is 5.69 Å². The first-order valence-electron chi connectivity index (χ1n) is 6.75. The van der Waals surface area contributed by atoms with Gasteiger partial charge in [-0.1, -0.05) is 0 Å². The van der Waals surface area contributed by atoms with Crippen molar-refractivity contribution in [2.45, 2.75) is 19.4 Å². The number of piperidine rings is 1. The Morgan fingerprint density at radius 1 is 1.47 bits per heavy atom. The normalized spacial score (nSPS) is 19.7. The van der Waals surface area contributed by atoms with Crippen molar-refractivity contribution in [3.05, 3.63) is 28.7 Å². The number of H-pyrrole nitrogens is 1. The molecule has 1 fully saturated rings. The van der Waals surface area contributed by atoms with Gasteiger partial charge in [0.05, 0.1) is 18.1 Å². The predicted molar refractivity (Wildman–Crippen MR) is 74.7 cm³/mol. The molecule has 1 atom stereocenters. The number of fused-ring (bicyclic) bond motifs is 1. The molecule has 2 aromatic rings. The number of hydrogen-bond acceptors (Lipinski definition) is 3. The Bertz CT molecular complexity index is 623. The third kappa shape index (κ3) is 2.38. The zero-order valence-electron chi connectivity index (χ0n) is 11.1. The minimum Gasteiger partial charge on any atom is -0.497 e. The molecule has 0 saturated carbocycles. The zero-order chi connectivity index (χ0) is 13.2. The summed E-state index contributed by atoms with van der Waals surface area (Å²) in [4.78, 5) is 15.0. The molecule has 102 valence electrons. The van der Waals surface area contributed by atoms with Gasteiger partial charge in [0.1, 0.15) is 5.75 Å². The molecular formula is C14H19N3O2. The summed E-state index contributed by atoms with van der Waals surface area (Å²) in [5, 5.41) is 3.39. The molecule has 0 amide bonds. The lowest BCUT2D eigenvalue weighted by molar-refractivity contribution is 0.337. The molecule has 1 aliphatic rings. The monoisotopic (exact) mass is 261 g/mol. The van der Waals surface area contributed by atoms with E-state index in [4.69, 9.17) is 4.74 Å². The van der Waals surface area contributed by atoms with Crippen LogP contribution < -0.4 is 15.7 Å². The standard InChI is InChI=1S/C14H19N3O2/c1-19-11-4-5-12-13(7-11)17(14(18)16-12)9-10-3-2-6-15-8-10/h4-5,7,10,15H,2-3,6,8-9H2,1H3,(H,16,18). The number of aromatic nitrogens is 2. The average Bonchev–Trinajstić information content (AvgIpc) is 2.76. The highest BCUT2D eigenvalue weighted by Crippen LogP contribution is 2.20. The maximum absolute atomic E-state index is 12.1. The van der Waals surface area contributed by atoms with E-state index in [1.807, 2.05) is 22.8 Å². The average molecular weight is 261 g/mol. The van der Waals surface area contributed by atoms with Crippen molar-refractivity contribution in [2.24, 2.45) is 5.92 Å². The van der Waals surface area contributed by atoms with Gasteiger partial charge in [0.25, 0.3) is 0 Å². The fourth-order valence-electron chi connectivity index (χ4n) is 2.78. The van der Waals surface area contributed by atoms with Gasteiger partial charge in [0.15, 0.2) is 0 Å². The Balaban J connectivity index is 1.96. The number of rotatable bonds is 3. The molecule has 5 heteroatoms. The van der Waals surface area contributed by atoms with Gasteiger partial charge in [-0.25, -0.2) is 4.79 Å². The van der Waals surface area contributed by atoms with Crippen molar-refractivity contribution in [1.29, 1.82) is 0 Å². The molecule has 3 rings (SSSR count). The molecule has 1 aromatic carbocycles. The summed E-state index contributed by atoms with van der Waals surface area (Å²) in [6, 6.07) is 5.68. The van der Waals surface area contributed by atoms with Crippen LogP contribution >= 0.6 is 0 Å². The van der Waals surface area contributed by atoms with Crippen LogP contribution in [0, 0.1) is 5.92 Å². The first kappa shape index (κ1) is 12.3. The van der Waals surface area contributed by atoms with E-state index in [2.05, 4.69) is 10.3 Å². The van der Waals surface area contributed by atoms with Crippen LogP contribution in [0.4, 0.5) is 0 Å². The van der Waals surface area contributed by atoms with Crippen molar-refractivity contribution in [1.82, 2.24) is 14.9 Å². The number of nitrogens with zero attached hydrogens (tertiary/aromatic N) is 1. The number of hydrogen-bond donors (Lipinski definition) is 2. The maximum Gasteiger partial charge on any atom is 0.326 e. The topological polar surface area (TPSA) is 59.1 Å². The van der Waals surface area contributed by atoms with Crippen LogP contribution in [-0.4, -0.2) is 29.8 Å². The minimum absolute atomic E-state index is 0.0335. The highest BCUT2D eigenvalue weighted by atomic mass is 16.5. The summed E-state index contributed by atoms with van der Waals surface area (Å²) in [5.74, 6) is 1.30. The molecule has 0 aliphatic carbocycles. The summed E-state index contributed by atoms with van der Waals surface area (Å²) in [7, 11) is 1.64. The van der Waals surface area contributed by atoms with E-state index in [9.17, 15) is 4.79 Å². The van der Waals surface area contributed by atoms with Crippen LogP contribution in [0.2, 0.25) is 0 Å². The van der Waals surface area contributed by atoms with Crippen LogP contribution in [0.15, 0.2) is 23.0 Å². The second-order valence-electron chi connectivity index (χ2n) is 5.14. The van der Waals surface area contributed by atoms with Gasteiger partial charge in [-0.15, -0.1) is 0 Å². The van der Waals surface area contributed by atoms with E-state index in [1.165, 1.54) is 12.8 Å². The lowest BCUT2D eigenvalue weighted by Crippen LogP contribution is -2.34. The van der Waals surface area contributed by atoms with Gasteiger partial charge in [0, 0.05) is 12.6 Å². The van der Waals surface area contributed by atoms with E-state index in [0.717, 1.165) is 36.4 Å². The largest absolute Gasteiger partial charge is 0.497 e. The first-order chi connectivity index (χ1) is 9.28. The van der Waals surface area contributed by atoms with Crippen LogP contribution in [0.1, 0.15) is 12.8 Å². The maximum atomic E-state index is 12.1. The van der Waals surface area contributed by atoms with Gasteiger partial charge in [-0.2, -0.15) is 0 Å². The molecule has 0 spiro atoms. The van der Waals surface area contributed by atoms with E-state index in [1.54, 1.807) is 7.11 Å². The quantitative estimate of drug-likeness (QED) is 0.876. The molecule has 1 aliphatic heterocycles. The molecule has 0 bridgehead atoms. The summed E-state index contributed by atoms with van der Waals surface area (Å²) < 4.78 is 7.06. The molecule has 1 saturated heterocycles. The molecule has 0 radical (unpaired) electrons. The first-order valence-corrected chi connectivity index (χ1v) is 6.75. The number of nitrogens with one attached hydrogen (secondary N) is 2. The van der Waals surface area contributed by atoms with Gasteiger partial charge < -0.3 is 15.0 Å². The van der Waals surface area contributed by atoms with Crippen molar-refractivity contribution in [3.63, 3.8) is 0 Å². The van der Waals surface area contributed by atoms with Gasteiger partial charge in [-0.3, -0.25) is 4.57 Å². The Morgan fingerprint density at radius 2 is 2.37 bits per heavy atom. The zero-order valence-corrected chi connectivity index (χ0v) is 11.1. The molecular weight excluding hydrogens is 242 g/mol. The smallest absolute Gasteiger partial charge is 0.326 e. The van der Waals surface area contributed by atoms with Crippen LogP contribution in [-0.2, 0) is 6.54 Å². The minimum atomic E-state index is -0.0335. The Kier molecular flexibility index (Phi) is 3.29. The Hall–Kier alpha value is -1.75. The van der Waals surface area contributed by atoms with E-state index < -0.39 is 0 Å². The van der Waals surface area contributed by atoms with Crippen LogP contribution in [0.3, 0.4) is 0 Å². The Labute approximate surface area is 111 Å². The van der Waals surface area contributed by atoms with Crippen LogP contribution in [0.25, 0.3) is 11.0 Å². The third-order valence-electron chi connectivity index (χ3n) is 3.82. The van der Waals surface area contributed by atoms with Crippen molar-refractivity contribution in [2.75, 3.05) is 20.2 Å². The summed E-state index contributed by atoms with van der Waals surface area (Å²) in [6.07, 6.45) is 2.36. The number of imidazole rings is 1. The molecule has 1 unspecified atom stereocenters. The van der Waals surface area contributed by atoms with E-state index in [-0.39, 0.29) is 5.69 Å². The lowest BCUT2D eigenvalue weighted by atomic mass is 10.00. The highest BCUT2D eigenvalue weighted by molar-refractivity contribution is 5.77. The number of methoxy groups -OCH3 is 1. The van der Waals surface area contributed by atoms with Crippen molar-refractivity contribution in [3.8, 4) is 5.75 Å². The van der Waals surface area contributed by atoms with Crippen LogP contribution in [0.5, 0.6) is 5.75 Å². The summed E-state index contributed by atoms with van der Waals surface area (Å²) >= 11 is 0. The molecule has 19 heavy (non-hydrogen) atoms. The number of ether oxygens (including phenoxy) is 1.